The molecule has 0 saturated heterocycles. The first-order valence-electron chi connectivity index (χ1n) is 7.19. The third-order valence-electron chi connectivity index (χ3n) is 4.16. The molecule has 1 N–H and O–H groups in total. The van der Waals surface area contributed by atoms with E-state index in [1.165, 1.54) is 24.8 Å². The molecule has 0 spiro atoms. The highest BCUT2D eigenvalue weighted by Gasteiger charge is 2.29. The molecule has 1 aromatic rings. The zero-order valence-electron chi connectivity index (χ0n) is 12.6. The quantitative estimate of drug-likeness (QED) is 0.905. The Morgan fingerprint density at radius 3 is 2.65 bits per heavy atom. The number of carbonyl (C=O) groups is 1. The highest BCUT2D eigenvalue weighted by molar-refractivity contribution is 7.99. The molecule has 0 heterocycles. The van der Waals surface area contributed by atoms with E-state index in [4.69, 9.17) is 0 Å². The molecular weight excluding hydrogens is 268 g/mol. The summed E-state index contributed by atoms with van der Waals surface area (Å²) >= 11 is 1.99. The molecule has 3 nitrogen and oxygen atoms in total. The Morgan fingerprint density at radius 2 is 2.05 bits per heavy atom. The number of hydrogen-bond donors (Lipinski definition) is 1. The van der Waals surface area contributed by atoms with Crippen LogP contribution in [0.2, 0.25) is 0 Å². The Bertz CT molecular complexity index is 446. The third-order valence-corrected chi connectivity index (χ3v) is 5.32. The zero-order valence-corrected chi connectivity index (χ0v) is 13.4. The fourth-order valence-electron chi connectivity index (χ4n) is 3.00. The van der Waals surface area contributed by atoms with Gasteiger partial charge in [-0.15, -0.1) is 0 Å². The van der Waals surface area contributed by atoms with Gasteiger partial charge in [0.15, 0.2) is 0 Å². The maximum Gasteiger partial charge on any atom is 0.251 e. The van der Waals surface area contributed by atoms with Crippen LogP contribution >= 0.6 is 11.8 Å². The molecule has 2 atom stereocenters. The average Bonchev–Trinajstić information content (AvgIpc) is 2.95. The lowest BCUT2D eigenvalue weighted by Crippen LogP contribution is -2.35. The summed E-state index contributed by atoms with van der Waals surface area (Å²) in [6, 6.07) is 8.61. The molecule has 1 aliphatic carbocycles. The Balaban J connectivity index is 1.97. The summed E-state index contributed by atoms with van der Waals surface area (Å²) < 4.78 is 0. The second-order valence-electron chi connectivity index (χ2n) is 5.46. The topological polar surface area (TPSA) is 32.3 Å². The Labute approximate surface area is 126 Å². The van der Waals surface area contributed by atoms with Crippen LogP contribution in [-0.4, -0.2) is 42.4 Å². The van der Waals surface area contributed by atoms with Gasteiger partial charge in [-0.3, -0.25) is 9.69 Å². The van der Waals surface area contributed by atoms with E-state index in [1.807, 2.05) is 23.9 Å². The first kappa shape index (κ1) is 15.4. The van der Waals surface area contributed by atoms with Crippen molar-refractivity contribution in [3.05, 3.63) is 35.4 Å². The second kappa shape index (κ2) is 7.14. The largest absolute Gasteiger partial charge is 0.355 e. The zero-order chi connectivity index (χ0) is 14.5. The fraction of sp³-hybridized carbons (Fsp3) is 0.562. The maximum absolute atomic E-state index is 11.5. The van der Waals surface area contributed by atoms with E-state index in [0.717, 1.165) is 17.4 Å². The minimum Gasteiger partial charge on any atom is -0.355 e. The van der Waals surface area contributed by atoms with E-state index < -0.39 is 0 Å². The van der Waals surface area contributed by atoms with Gasteiger partial charge in [0.2, 0.25) is 0 Å². The van der Waals surface area contributed by atoms with Crippen molar-refractivity contribution in [1.29, 1.82) is 0 Å². The monoisotopic (exact) mass is 292 g/mol. The molecule has 20 heavy (non-hydrogen) atoms. The van der Waals surface area contributed by atoms with Gasteiger partial charge in [-0.05, 0) is 43.8 Å². The number of rotatable bonds is 5. The minimum absolute atomic E-state index is 0.0249. The summed E-state index contributed by atoms with van der Waals surface area (Å²) in [5.74, 6) is -0.0249. The third kappa shape index (κ3) is 3.55. The Hall–Kier alpha value is -1.00. The molecule has 0 radical (unpaired) electrons. The van der Waals surface area contributed by atoms with Gasteiger partial charge in [0.25, 0.3) is 5.91 Å². The van der Waals surface area contributed by atoms with Crippen molar-refractivity contribution in [3.8, 4) is 0 Å². The maximum atomic E-state index is 11.5. The lowest BCUT2D eigenvalue weighted by molar-refractivity contribution is 0.0963. The number of nitrogens with zero attached hydrogens (tertiary/aromatic N) is 1. The Kier molecular flexibility index (Phi) is 5.49. The van der Waals surface area contributed by atoms with E-state index in [1.54, 1.807) is 7.05 Å². The van der Waals surface area contributed by atoms with Gasteiger partial charge in [-0.25, -0.2) is 0 Å². The number of thioether (sulfide) groups is 1. The smallest absolute Gasteiger partial charge is 0.251 e. The number of nitrogens with one attached hydrogen (secondary N) is 1. The van der Waals surface area contributed by atoms with Crippen LogP contribution in [0.3, 0.4) is 0 Å². The predicted octanol–water partition coefficient (Wildman–Crippen LogP) is 2.76. The summed E-state index contributed by atoms with van der Waals surface area (Å²) in [7, 11) is 3.87. The highest BCUT2D eigenvalue weighted by atomic mass is 32.2. The second-order valence-corrected chi connectivity index (χ2v) is 6.54. The molecule has 110 valence electrons. The van der Waals surface area contributed by atoms with Crippen molar-refractivity contribution >= 4 is 17.7 Å². The first-order valence-corrected chi connectivity index (χ1v) is 8.48. The van der Waals surface area contributed by atoms with Crippen molar-refractivity contribution < 1.29 is 4.79 Å². The molecular formula is C16H24N2OS. The summed E-state index contributed by atoms with van der Waals surface area (Å²) in [5.41, 5.74) is 1.99. The lowest BCUT2D eigenvalue weighted by atomic mass is 10.1. The SMILES string of the molecule is CNC(=O)c1ccc(CN(C)C2CCCC2SC)cc1. The number of amides is 1. The molecule has 2 unspecified atom stereocenters. The standard InChI is InChI=1S/C16H24N2OS/c1-17-16(19)13-9-7-12(8-10-13)11-18(2)14-5-4-6-15(14)20-3/h7-10,14-15H,4-6,11H2,1-3H3,(H,17,19). The van der Waals surface area contributed by atoms with Crippen LogP contribution < -0.4 is 5.32 Å². The van der Waals surface area contributed by atoms with Gasteiger partial charge >= 0.3 is 0 Å². The van der Waals surface area contributed by atoms with Crippen molar-refractivity contribution in [2.45, 2.75) is 37.1 Å². The molecule has 1 amide bonds. The van der Waals surface area contributed by atoms with Crippen molar-refractivity contribution in [1.82, 2.24) is 10.2 Å². The van der Waals surface area contributed by atoms with Gasteiger partial charge in [-0.1, -0.05) is 18.6 Å². The number of benzene rings is 1. The molecule has 1 fully saturated rings. The first-order chi connectivity index (χ1) is 9.65. The molecule has 0 bridgehead atoms. The lowest BCUT2D eigenvalue weighted by Gasteiger charge is -2.28. The van der Waals surface area contributed by atoms with Crippen LogP contribution in [0.4, 0.5) is 0 Å². The highest BCUT2D eigenvalue weighted by Crippen LogP contribution is 2.32. The van der Waals surface area contributed by atoms with Gasteiger partial charge in [-0.2, -0.15) is 11.8 Å². The van der Waals surface area contributed by atoms with Crippen LogP contribution in [0.15, 0.2) is 24.3 Å². The predicted molar refractivity (Wildman–Crippen MR) is 86.2 cm³/mol. The van der Waals surface area contributed by atoms with E-state index in [-0.39, 0.29) is 5.91 Å². The Morgan fingerprint density at radius 1 is 1.35 bits per heavy atom. The summed E-state index contributed by atoms with van der Waals surface area (Å²) in [5, 5.41) is 3.42. The summed E-state index contributed by atoms with van der Waals surface area (Å²) in [6.07, 6.45) is 6.20. The summed E-state index contributed by atoms with van der Waals surface area (Å²) in [4.78, 5) is 14.0. The molecule has 4 heteroatoms. The van der Waals surface area contributed by atoms with Crippen molar-refractivity contribution in [2.75, 3.05) is 20.4 Å². The molecule has 1 aliphatic rings. The van der Waals surface area contributed by atoms with E-state index >= 15 is 0 Å². The van der Waals surface area contributed by atoms with E-state index in [9.17, 15) is 4.79 Å². The molecule has 1 aromatic carbocycles. The number of carbonyl (C=O) groups excluding carboxylic acids is 1. The van der Waals surface area contributed by atoms with Crippen molar-refractivity contribution in [3.63, 3.8) is 0 Å². The molecule has 1 saturated carbocycles. The van der Waals surface area contributed by atoms with Crippen LogP contribution in [0.5, 0.6) is 0 Å². The molecule has 2 rings (SSSR count). The van der Waals surface area contributed by atoms with Crippen molar-refractivity contribution in [2.24, 2.45) is 0 Å². The fourth-order valence-corrected chi connectivity index (χ4v) is 4.06. The van der Waals surface area contributed by atoms with Crippen LogP contribution in [-0.2, 0) is 6.54 Å². The van der Waals surface area contributed by atoms with Crippen LogP contribution in [0, 0.1) is 0 Å². The van der Waals surface area contributed by atoms with Gasteiger partial charge < -0.3 is 5.32 Å². The van der Waals surface area contributed by atoms with Gasteiger partial charge in [0.05, 0.1) is 0 Å². The molecule has 0 aliphatic heterocycles. The van der Waals surface area contributed by atoms with Gasteiger partial charge in [0, 0.05) is 30.4 Å². The van der Waals surface area contributed by atoms with E-state index in [2.05, 4.69) is 35.7 Å². The summed E-state index contributed by atoms with van der Waals surface area (Å²) in [6.45, 7) is 0.954. The van der Waals surface area contributed by atoms with Crippen LogP contribution in [0.1, 0.15) is 35.2 Å². The minimum atomic E-state index is -0.0249. The number of hydrogen-bond acceptors (Lipinski definition) is 3. The molecule has 0 aromatic heterocycles. The van der Waals surface area contributed by atoms with Gasteiger partial charge in [0.1, 0.15) is 0 Å². The van der Waals surface area contributed by atoms with E-state index in [0.29, 0.717) is 6.04 Å². The van der Waals surface area contributed by atoms with Crippen LogP contribution in [0.25, 0.3) is 0 Å². The average molecular weight is 292 g/mol. The normalized spacial score (nSPS) is 22.2.